The number of nitrogens with zero attached hydrogens (tertiary/aromatic N) is 3. The highest BCUT2D eigenvalue weighted by molar-refractivity contribution is 6.00. The molecule has 34 heavy (non-hydrogen) atoms. The van der Waals surface area contributed by atoms with Gasteiger partial charge in [-0.05, 0) is 36.6 Å². The van der Waals surface area contributed by atoms with E-state index in [1.54, 1.807) is 4.90 Å². The molecule has 3 amide bonds. The molecule has 9 heteroatoms. The number of anilines is 3. The molecular weight excluding hydrogens is 430 g/mol. The molecule has 174 valence electrons. The number of carbonyl (C=O) groups is 2. The Morgan fingerprint density at radius 2 is 1.94 bits per heavy atom. The van der Waals surface area contributed by atoms with Gasteiger partial charge in [0.15, 0.2) is 0 Å². The van der Waals surface area contributed by atoms with Crippen LogP contribution in [0.5, 0.6) is 0 Å². The molecule has 0 atom stereocenters. The molecule has 0 spiro atoms. The van der Waals surface area contributed by atoms with Gasteiger partial charge in [0.05, 0.1) is 24.2 Å². The fraction of sp³-hybridized carbons (Fsp3) is 0.280. The van der Waals surface area contributed by atoms with Gasteiger partial charge in [-0.25, -0.2) is 4.79 Å². The molecule has 1 aliphatic rings. The number of carbonyl (C=O) groups excluding carboxylic acids is 2. The van der Waals surface area contributed by atoms with Crippen LogP contribution in [0.25, 0.3) is 0 Å². The summed E-state index contributed by atoms with van der Waals surface area (Å²) in [5.74, 6) is 0.0889. The lowest BCUT2D eigenvalue weighted by molar-refractivity contribution is 0.0609. The number of aromatic amines is 1. The maximum atomic E-state index is 13.1. The number of nitrogens with one attached hydrogen (secondary N) is 4. The number of amides is 3. The van der Waals surface area contributed by atoms with Crippen molar-refractivity contribution in [3.05, 3.63) is 71.4 Å². The molecule has 4 N–H and O–H groups in total. The van der Waals surface area contributed by atoms with Crippen molar-refractivity contribution in [2.24, 2.45) is 0 Å². The second kappa shape index (κ2) is 9.67. The summed E-state index contributed by atoms with van der Waals surface area (Å²) in [6.45, 7) is 4.48. The van der Waals surface area contributed by atoms with Crippen LogP contribution in [0.4, 0.5) is 22.0 Å². The lowest BCUT2D eigenvalue weighted by atomic mass is 9.86. The number of H-pyrrole nitrogens is 1. The van der Waals surface area contributed by atoms with Crippen LogP contribution in [0.3, 0.4) is 0 Å². The molecule has 1 saturated heterocycles. The summed E-state index contributed by atoms with van der Waals surface area (Å²) in [6, 6.07) is 17.2. The Hall–Kier alpha value is -4.32. The number of urea groups is 1. The van der Waals surface area contributed by atoms with Crippen molar-refractivity contribution in [1.82, 2.24) is 20.4 Å². The van der Waals surface area contributed by atoms with E-state index in [1.807, 2.05) is 62.4 Å². The molecule has 3 aromatic rings. The fourth-order valence-electron chi connectivity index (χ4n) is 4.13. The summed E-state index contributed by atoms with van der Waals surface area (Å²) in [5, 5.41) is 25.3. The van der Waals surface area contributed by atoms with Gasteiger partial charge in [-0.2, -0.15) is 10.4 Å². The van der Waals surface area contributed by atoms with Gasteiger partial charge in [0.1, 0.15) is 11.4 Å². The first kappa shape index (κ1) is 22.9. The van der Waals surface area contributed by atoms with E-state index in [0.29, 0.717) is 11.4 Å². The van der Waals surface area contributed by atoms with Crippen molar-refractivity contribution in [2.45, 2.75) is 32.2 Å². The van der Waals surface area contributed by atoms with Gasteiger partial charge in [0.25, 0.3) is 5.91 Å². The van der Waals surface area contributed by atoms with E-state index < -0.39 is 5.54 Å². The van der Waals surface area contributed by atoms with E-state index in [0.717, 1.165) is 28.9 Å². The lowest BCUT2D eigenvalue weighted by Gasteiger charge is -2.49. The van der Waals surface area contributed by atoms with E-state index in [1.165, 1.54) is 6.20 Å². The zero-order valence-electron chi connectivity index (χ0n) is 19.2. The number of likely N-dealkylation sites (tertiary alicyclic amines) is 1. The highest BCUT2D eigenvalue weighted by Crippen LogP contribution is 2.28. The van der Waals surface area contributed by atoms with Crippen LogP contribution in [0.1, 0.15) is 34.8 Å². The summed E-state index contributed by atoms with van der Waals surface area (Å²) >= 11 is 0. The molecule has 2 heterocycles. The molecule has 9 nitrogen and oxygen atoms in total. The number of rotatable bonds is 7. The fourth-order valence-corrected chi connectivity index (χ4v) is 4.13. The average Bonchev–Trinajstić information content (AvgIpc) is 3.27. The highest BCUT2D eigenvalue weighted by Gasteiger charge is 2.47. The van der Waals surface area contributed by atoms with Crippen LogP contribution in [-0.4, -0.2) is 45.7 Å². The molecule has 0 bridgehead atoms. The van der Waals surface area contributed by atoms with Crippen molar-refractivity contribution in [3.63, 3.8) is 0 Å². The molecule has 1 aliphatic heterocycles. The topological polar surface area (TPSA) is 126 Å². The number of benzene rings is 2. The van der Waals surface area contributed by atoms with Crippen molar-refractivity contribution >= 4 is 29.1 Å². The van der Waals surface area contributed by atoms with Gasteiger partial charge in [-0.1, -0.05) is 43.3 Å². The molecule has 1 fully saturated rings. The molecular formula is C25H27N7O2. The van der Waals surface area contributed by atoms with Gasteiger partial charge in [0.2, 0.25) is 0 Å². The first-order valence-corrected chi connectivity index (χ1v) is 11.1. The highest BCUT2D eigenvalue weighted by atomic mass is 16.2. The number of aromatic nitrogens is 2. The predicted octanol–water partition coefficient (Wildman–Crippen LogP) is 3.95. The van der Waals surface area contributed by atoms with Crippen LogP contribution < -0.4 is 16.0 Å². The van der Waals surface area contributed by atoms with Gasteiger partial charge in [0, 0.05) is 24.5 Å². The first-order chi connectivity index (χ1) is 16.4. The minimum absolute atomic E-state index is 0.0897. The predicted molar refractivity (Wildman–Crippen MR) is 130 cm³/mol. The molecule has 0 radical (unpaired) electrons. The maximum absolute atomic E-state index is 13.1. The van der Waals surface area contributed by atoms with Gasteiger partial charge < -0.3 is 20.9 Å². The average molecular weight is 458 g/mol. The Morgan fingerprint density at radius 1 is 1.18 bits per heavy atom. The number of hydrogen-bond acceptors (Lipinski definition) is 5. The van der Waals surface area contributed by atoms with Crippen molar-refractivity contribution in [3.8, 4) is 6.07 Å². The third kappa shape index (κ3) is 4.71. The standard InChI is InChI=1S/C25H27N7O2/c1-3-18-9-7-8-17(2)21(18)29-24(34)32-15-25(16-32,12-13-26)30-23(33)20-14-27-31-22(20)28-19-10-5-4-6-11-19/h4-11,14H,3,12,15-16H2,1-2H3,(H,29,34)(H,30,33)(H2,27,28,31). The molecule has 4 rings (SSSR count). The normalized spacial score (nSPS) is 14.0. The molecule has 0 saturated carbocycles. The Bertz CT molecular complexity index is 1220. The van der Waals surface area contributed by atoms with Gasteiger partial charge >= 0.3 is 6.03 Å². The summed E-state index contributed by atoms with van der Waals surface area (Å²) < 4.78 is 0. The van der Waals surface area contributed by atoms with Crippen LogP contribution >= 0.6 is 0 Å². The first-order valence-electron chi connectivity index (χ1n) is 11.1. The lowest BCUT2D eigenvalue weighted by Crippen LogP contribution is -2.71. The maximum Gasteiger partial charge on any atom is 0.322 e. The van der Waals surface area contributed by atoms with Crippen LogP contribution in [-0.2, 0) is 6.42 Å². The van der Waals surface area contributed by atoms with Crippen LogP contribution in [0, 0.1) is 18.3 Å². The van der Waals surface area contributed by atoms with Gasteiger partial charge in [-0.3, -0.25) is 9.89 Å². The van der Waals surface area contributed by atoms with Crippen molar-refractivity contribution in [1.29, 1.82) is 5.26 Å². The third-order valence-corrected chi connectivity index (χ3v) is 5.97. The SMILES string of the molecule is CCc1cccc(C)c1NC(=O)N1CC(CC#N)(NC(=O)c2cn[nH]c2Nc2ccccc2)C1. The third-order valence-electron chi connectivity index (χ3n) is 5.97. The van der Waals surface area contributed by atoms with Crippen LogP contribution in [0.15, 0.2) is 54.7 Å². The Labute approximate surface area is 198 Å². The minimum atomic E-state index is -0.816. The second-order valence-electron chi connectivity index (χ2n) is 8.47. The summed E-state index contributed by atoms with van der Waals surface area (Å²) in [6.07, 6.45) is 2.33. The van der Waals surface area contributed by atoms with Crippen LogP contribution in [0.2, 0.25) is 0 Å². The largest absolute Gasteiger partial charge is 0.342 e. The quantitative estimate of drug-likeness (QED) is 0.427. The van der Waals surface area contributed by atoms with E-state index in [-0.39, 0.29) is 31.4 Å². The number of para-hydroxylation sites is 2. The Kier molecular flexibility index (Phi) is 6.50. The summed E-state index contributed by atoms with van der Waals surface area (Å²) in [4.78, 5) is 27.5. The Balaban J connectivity index is 1.42. The second-order valence-corrected chi connectivity index (χ2v) is 8.47. The monoisotopic (exact) mass is 457 g/mol. The van der Waals surface area contributed by atoms with E-state index >= 15 is 0 Å². The zero-order valence-corrected chi connectivity index (χ0v) is 19.2. The number of nitriles is 1. The van der Waals surface area contributed by atoms with E-state index in [4.69, 9.17) is 0 Å². The van der Waals surface area contributed by atoms with E-state index in [2.05, 4.69) is 32.2 Å². The summed E-state index contributed by atoms with van der Waals surface area (Å²) in [7, 11) is 0. The molecule has 0 unspecified atom stereocenters. The molecule has 0 aliphatic carbocycles. The zero-order chi connectivity index (χ0) is 24.1. The van der Waals surface area contributed by atoms with Gasteiger partial charge in [-0.15, -0.1) is 0 Å². The number of aryl methyl sites for hydroxylation is 2. The Morgan fingerprint density at radius 3 is 2.65 bits per heavy atom. The summed E-state index contributed by atoms with van der Waals surface area (Å²) in [5.41, 5.74) is 3.18. The van der Waals surface area contributed by atoms with E-state index in [9.17, 15) is 14.9 Å². The number of hydrogen-bond donors (Lipinski definition) is 4. The van der Waals surface area contributed by atoms with Crippen molar-refractivity contribution < 1.29 is 9.59 Å². The molecule has 2 aromatic carbocycles. The smallest absolute Gasteiger partial charge is 0.322 e. The minimum Gasteiger partial charge on any atom is -0.342 e. The molecule has 1 aromatic heterocycles. The van der Waals surface area contributed by atoms with Crippen molar-refractivity contribution in [2.75, 3.05) is 23.7 Å².